The van der Waals surface area contributed by atoms with Crippen LogP contribution in [0.15, 0.2) is 59.8 Å². The van der Waals surface area contributed by atoms with E-state index in [4.69, 9.17) is 5.84 Å². The summed E-state index contributed by atoms with van der Waals surface area (Å²) in [6, 6.07) is 14.5. The summed E-state index contributed by atoms with van der Waals surface area (Å²) >= 11 is 1.23. The van der Waals surface area contributed by atoms with E-state index >= 15 is 0 Å². The molecule has 0 aliphatic carbocycles. The number of nitrogens with zero attached hydrogens (tertiary/aromatic N) is 3. The zero-order valence-electron chi connectivity index (χ0n) is 12.4. The first-order valence-electron chi connectivity index (χ1n) is 7.00. The van der Waals surface area contributed by atoms with Crippen molar-refractivity contribution in [1.29, 1.82) is 0 Å². The highest BCUT2D eigenvalue weighted by Gasteiger charge is 2.30. The second-order valence-corrected chi connectivity index (χ2v) is 5.97. The molecular weight excluding hydrogens is 337 g/mol. The fourth-order valence-electron chi connectivity index (χ4n) is 2.14. The molecule has 3 rings (SSSR count). The highest BCUT2D eigenvalue weighted by molar-refractivity contribution is 7.98. The number of aromatic nitrogens is 3. The van der Waals surface area contributed by atoms with Crippen LogP contribution in [-0.2, 0) is 11.9 Å². The van der Waals surface area contributed by atoms with Crippen LogP contribution in [0.3, 0.4) is 0 Å². The van der Waals surface area contributed by atoms with Crippen LogP contribution >= 0.6 is 11.8 Å². The zero-order chi connectivity index (χ0) is 17.2. The average molecular weight is 350 g/mol. The number of nitrogens with two attached hydrogens (primary N) is 1. The molecule has 24 heavy (non-hydrogen) atoms. The van der Waals surface area contributed by atoms with Gasteiger partial charge in [-0.15, -0.1) is 10.2 Å². The number of hydrogen-bond donors (Lipinski definition) is 1. The third-order valence-corrected chi connectivity index (χ3v) is 4.33. The molecule has 0 saturated carbocycles. The molecule has 0 saturated heterocycles. The third kappa shape index (κ3) is 3.53. The quantitative estimate of drug-likeness (QED) is 0.571. The van der Waals surface area contributed by atoms with Crippen molar-refractivity contribution >= 4 is 11.8 Å². The minimum Gasteiger partial charge on any atom is -0.335 e. The number of halogens is 3. The molecule has 2 aromatic carbocycles. The normalized spacial score (nSPS) is 11.6. The molecule has 0 radical (unpaired) electrons. The second-order valence-electron chi connectivity index (χ2n) is 5.03. The van der Waals surface area contributed by atoms with Gasteiger partial charge in [-0.3, -0.25) is 0 Å². The van der Waals surface area contributed by atoms with Gasteiger partial charge in [0.25, 0.3) is 0 Å². The Morgan fingerprint density at radius 3 is 2.46 bits per heavy atom. The van der Waals surface area contributed by atoms with Gasteiger partial charge in [0.05, 0.1) is 5.56 Å². The molecule has 3 aromatic rings. The minimum atomic E-state index is -4.35. The number of alkyl halides is 3. The van der Waals surface area contributed by atoms with E-state index in [0.717, 1.165) is 17.7 Å². The summed E-state index contributed by atoms with van der Waals surface area (Å²) in [6.45, 7) is 0. The summed E-state index contributed by atoms with van der Waals surface area (Å²) in [5.74, 6) is 6.81. The minimum absolute atomic E-state index is 0.314. The van der Waals surface area contributed by atoms with Crippen LogP contribution in [0.4, 0.5) is 13.2 Å². The predicted octanol–water partition coefficient (Wildman–Crippen LogP) is 3.97. The Labute approximate surface area is 140 Å². The average Bonchev–Trinajstić information content (AvgIpc) is 2.94. The van der Waals surface area contributed by atoms with E-state index < -0.39 is 11.7 Å². The first kappa shape index (κ1) is 16.4. The molecule has 1 heterocycles. The number of hydrogen-bond acceptors (Lipinski definition) is 4. The summed E-state index contributed by atoms with van der Waals surface area (Å²) < 4.78 is 39.5. The van der Waals surface area contributed by atoms with Crippen molar-refractivity contribution in [3.05, 3.63) is 65.7 Å². The summed E-state index contributed by atoms with van der Waals surface area (Å²) in [4.78, 5) is 0. The predicted molar refractivity (Wildman–Crippen MR) is 86.6 cm³/mol. The standard InChI is InChI=1S/C16H13F3N4S/c17-16(18,19)13-8-4-5-11(9-13)10-24-15-22-21-14(23(15)20)12-6-2-1-3-7-12/h1-9H,10,20H2. The molecule has 0 aliphatic heterocycles. The number of rotatable bonds is 4. The number of nitrogen functional groups attached to an aromatic ring is 1. The maximum absolute atomic E-state index is 12.7. The third-order valence-electron chi connectivity index (χ3n) is 3.32. The molecule has 1 aromatic heterocycles. The lowest BCUT2D eigenvalue weighted by Crippen LogP contribution is -2.11. The second kappa shape index (κ2) is 6.56. The van der Waals surface area contributed by atoms with Crippen LogP contribution in [0.25, 0.3) is 11.4 Å². The van der Waals surface area contributed by atoms with Gasteiger partial charge in [-0.2, -0.15) is 13.2 Å². The molecule has 0 spiro atoms. The first-order chi connectivity index (χ1) is 11.4. The SMILES string of the molecule is Nn1c(SCc2cccc(C(F)(F)F)c2)nnc1-c1ccccc1. The van der Waals surface area contributed by atoms with E-state index in [-0.39, 0.29) is 0 Å². The van der Waals surface area contributed by atoms with Gasteiger partial charge in [0, 0.05) is 11.3 Å². The van der Waals surface area contributed by atoms with Crippen molar-refractivity contribution < 1.29 is 13.2 Å². The summed E-state index contributed by atoms with van der Waals surface area (Å²) in [5.41, 5.74) is 0.692. The van der Waals surface area contributed by atoms with Crippen molar-refractivity contribution in [3.63, 3.8) is 0 Å². The fourth-order valence-corrected chi connectivity index (χ4v) is 2.94. The highest BCUT2D eigenvalue weighted by atomic mass is 32.2. The van der Waals surface area contributed by atoms with Gasteiger partial charge in [-0.1, -0.05) is 60.3 Å². The lowest BCUT2D eigenvalue weighted by molar-refractivity contribution is -0.137. The molecule has 8 heteroatoms. The molecule has 2 N–H and O–H groups in total. The Hall–Kier alpha value is -2.48. The monoisotopic (exact) mass is 350 g/mol. The van der Waals surface area contributed by atoms with E-state index in [0.29, 0.717) is 22.3 Å². The van der Waals surface area contributed by atoms with E-state index in [1.807, 2.05) is 30.3 Å². The Kier molecular flexibility index (Phi) is 4.48. The zero-order valence-corrected chi connectivity index (χ0v) is 13.2. The van der Waals surface area contributed by atoms with Gasteiger partial charge in [0.15, 0.2) is 5.82 Å². The van der Waals surface area contributed by atoms with Crippen LogP contribution in [0, 0.1) is 0 Å². The van der Waals surface area contributed by atoms with Gasteiger partial charge in [-0.25, -0.2) is 4.68 Å². The van der Waals surface area contributed by atoms with Crippen molar-refractivity contribution in [2.75, 3.05) is 5.84 Å². The maximum atomic E-state index is 12.7. The lowest BCUT2D eigenvalue weighted by atomic mass is 10.1. The highest BCUT2D eigenvalue weighted by Crippen LogP contribution is 2.31. The molecule has 4 nitrogen and oxygen atoms in total. The molecule has 0 unspecified atom stereocenters. The number of thioether (sulfide) groups is 1. The molecule has 0 aliphatic rings. The summed E-state index contributed by atoms with van der Waals surface area (Å²) in [7, 11) is 0. The van der Waals surface area contributed by atoms with Crippen molar-refractivity contribution in [2.24, 2.45) is 0 Å². The summed E-state index contributed by atoms with van der Waals surface area (Å²) in [6.07, 6.45) is -4.35. The van der Waals surface area contributed by atoms with Gasteiger partial charge in [-0.05, 0) is 11.6 Å². The van der Waals surface area contributed by atoms with E-state index in [1.165, 1.54) is 22.5 Å². The Bertz CT molecular complexity index is 831. The van der Waals surface area contributed by atoms with Crippen molar-refractivity contribution in [2.45, 2.75) is 17.1 Å². The number of benzene rings is 2. The molecule has 0 fully saturated rings. The smallest absolute Gasteiger partial charge is 0.335 e. The van der Waals surface area contributed by atoms with Gasteiger partial charge >= 0.3 is 6.18 Å². The largest absolute Gasteiger partial charge is 0.416 e. The van der Waals surface area contributed by atoms with E-state index in [2.05, 4.69) is 10.2 Å². The Morgan fingerprint density at radius 2 is 1.75 bits per heavy atom. The lowest BCUT2D eigenvalue weighted by Gasteiger charge is -2.08. The topological polar surface area (TPSA) is 56.7 Å². The van der Waals surface area contributed by atoms with Gasteiger partial charge in [0.2, 0.25) is 5.16 Å². The summed E-state index contributed by atoms with van der Waals surface area (Å²) in [5, 5.41) is 8.49. The van der Waals surface area contributed by atoms with Gasteiger partial charge < -0.3 is 5.84 Å². The van der Waals surface area contributed by atoms with E-state index in [9.17, 15) is 13.2 Å². The van der Waals surface area contributed by atoms with Crippen LogP contribution < -0.4 is 5.84 Å². The van der Waals surface area contributed by atoms with Crippen LogP contribution in [0.5, 0.6) is 0 Å². The first-order valence-corrected chi connectivity index (χ1v) is 7.98. The maximum Gasteiger partial charge on any atom is 0.416 e. The Morgan fingerprint density at radius 1 is 1.00 bits per heavy atom. The molecule has 0 atom stereocenters. The van der Waals surface area contributed by atoms with Crippen molar-refractivity contribution in [3.8, 4) is 11.4 Å². The van der Waals surface area contributed by atoms with Crippen LogP contribution in [0.2, 0.25) is 0 Å². The van der Waals surface area contributed by atoms with Crippen LogP contribution in [-0.4, -0.2) is 14.9 Å². The fraction of sp³-hybridized carbons (Fsp3) is 0.125. The van der Waals surface area contributed by atoms with E-state index in [1.54, 1.807) is 6.07 Å². The molecule has 0 bridgehead atoms. The van der Waals surface area contributed by atoms with Crippen molar-refractivity contribution in [1.82, 2.24) is 14.9 Å². The van der Waals surface area contributed by atoms with Crippen LogP contribution in [0.1, 0.15) is 11.1 Å². The van der Waals surface area contributed by atoms with Gasteiger partial charge in [0.1, 0.15) is 0 Å². The molecule has 0 amide bonds. The Balaban J connectivity index is 1.75. The molecular formula is C16H13F3N4S. The molecule has 124 valence electrons.